The van der Waals surface area contributed by atoms with Crippen molar-refractivity contribution in [2.45, 2.75) is 12.6 Å². The van der Waals surface area contributed by atoms with Crippen LogP contribution in [0.15, 0.2) is 48.5 Å². The number of hydrogen-bond acceptors (Lipinski definition) is 3. The van der Waals surface area contributed by atoms with E-state index in [1.807, 2.05) is 6.07 Å². The van der Waals surface area contributed by atoms with Gasteiger partial charge in [-0.25, -0.2) is 4.79 Å². The number of carbonyl (C=O) groups excluding carboxylic acids is 2. The topological polar surface area (TPSA) is 55.4 Å². The van der Waals surface area contributed by atoms with E-state index >= 15 is 0 Å². The standard InChI is InChI=1S/C18H15ClF3NO3/c19-15-6-1-3-12(9-15)7-8-23-16(24)11-26-17(25)13-4-2-5-14(10-13)18(20,21)22/h1-6,9-10H,7-8,11H2,(H,23,24). The Labute approximate surface area is 152 Å². The van der Waals surface area contributed by atoms with Crippen LogP contribution in [0.25, 0.3) is 0 Å². The van der Waals surface area contributed by atoms with Crippen molar-refractivity contribution in [1.29, 1.82) is 0 Å². The normalized spacial score (nSPS) is 11.1. The average Bonchev–Trinajstić information content (AvgIpc) is 2.59. The Morgan fingerprint density at radius 1 is 1.08 bits per heavy atom. The summed E-state index contributed by atoms with van der Waals surface area (Å²) >= 11 is 5.85. The zero-order chi connectivity index (χ0) is 19.2. The Morgan fingerprint density at radius 3 is 2.50 bits per heavy atom. The van der Waals surface area contributed by atoms with Crippen LogP contribution in [0.4, 0.5) is 13.2 Å². The van der Waals surface area contributed by atoms with Gasteiger partial charge in [0.05, 0.1) is 11.1 Å². The maximum Gasteiger partial charge on any atom is 0.416 e. The third-order valence-electron chi connectivity index (χ3n) is 3.38. The Balaban J connectivity index is 1.79. The molecule has 4 nitrogen and oxygen atoms in total. The molecular formula is C18H15ClF3NO3. The van der Waals surface area contributed by atoms with Gasteiger partial charge in [-0.2, -0.15) is 13.2 Å². The van der Waals surface area contributed by atoms with E-state index in [9.17, 15) is 22.8 Å². The Kier molecular flexibility index (Phi) is 6.63. The number of esters is 1. The molecule has 0 bridgehead atoms. The molecule has 138 valence electrons. The van der Waals surface area contributed by atoms with Crippen LogP contribution in [-0.2, 0) is 22.1 Å². The minimum atomic E-state index is -4.56. The minimum Gasteiger partial charge on any atom is -0.452 e. The molecule has 0 unspecified atom stereocenters. The van der Waals surface area contributed by atoms with Crippen LogP contribution in [0, 0.1) is 0 Å². The maximum absolute atomic E-state index is 12.6. The highest BCUT2D eigenvalue weighted by atomic mass is 35.5. The number of amides is 1. The lowest BCUT2D eigenvalue weighted by molar-refractivity contribution is -0.137. The molecule has 1 amide bonds. The fraction of sp³-hybridized carbons (Fsp3) is 0.222. The van der Waals surface area contributed by atoms with E-state index in [0.717, 1.165) is 17.7 Å². The van der Waals surface area contributed by atoms with Gasteiger partial charge in [-0.15, -0.1) is 0 Å². The highest BCUT2D eigenvalue weighted by Crippen LogP contribution is 2.29. The van der Waals surface area contributed by atoms with Gasteiger partial charge in [0.15, 0.2) is 6.61 Å². The molecule has 1 N–H and O–H groups in total. The van der Waals surface area contributed by atoms with E-state index < -0.39 is 30.2 Å². The summed E-state index contributed by atoms with van der Waals surface area (Å²) in [4.78, 5) is 23.4. The summed E-state index contributed by atoms with van der Waals surface area (Å²) in [5.74, 6) is -1.55. The lowest BCUT2D eigenvalue weighted by Gasteiger charge is -2.09. The Morgan fingerprint density at radius 2 is 1.81 bits per heavy atom. The van der Waals surface area contributed by atoms with E-state index in [2.05, 4.69) is 5.32 Å². The molecule has 0 atom stereocenters. The number of halogens is 4. The summed E-state index contributed by atoms with van der Waals surface area (Å²) < 4.78 is 42.6. The molecule has 0 aliphatic carbocycles. The van der Waals surface area contributed by atoms with Crippen LogP contribution in [0.5, 0.6) is 0 Å². The highest BCUT2D eigenvalue weighted by molar-refractivity contribution is 6.30. The second kappa shape index (κ2) is 8.71. The molecule has 2 aromatic carbocycles. The monoisotopic (exact) mass is 385 g/mol. The predicted molar refractivity (Wildman–Crippen MR) is 89.9 cm³/mol. The number of rotatable bonds is 6. The predicted octanol–water partition coefficient (Wildman–Crippen LogP) is 3.87. The van der Waals surface area contributed by atoms with Crippen LogP contribution in [-0.4, -0.2) is 25.0 Å². The summed E-state index contributed by atoms with van der Waals surface area (Å²) in [7, 11) is 0. The summed E-state index contributed by atoms with van der Waals surface area (Å²) in [5.41, 5.74) is -0.303. The number of nitrogens with one attached hydrogen (secondary N) is 1. The average molecular weight is 386 g/mol. The van der Waals surface area contributed by atoms with Crippen molar-refractivity contribution in [3.63, 3.8) is 0 Å². The van der Waals surface area contributed by atoms with Crippen LogP contribution in [0.2, 0.25) is 5.02 Å². The zero-order valence-corrected chi connectivity index (χ0v) is 14.2. The summed E-state index contributed by atoms with van der Waals surface area (Å²) in [6, 6.07) is 11.0. The molecular weight excluding hydrogens is 371 g/mol. The molecule has 2 aromatic rings. The first-order chi connectivity index (χ1) is 12.3. The van der Waals surface area contributed by atoms with Crippen LogP contribution >= 0.6 is 11.6 Å². The highest BCUT2D eigenvalue weighted by Gasteiger charge is 2.31. The van der Waals surface area contributed by atoms with Gasteiger partial charge < -0.3 is 10.1 Å². The largest absolute Gasteiger partial charge is 0.452 e. The third kappa shape index (κ3) is 6.07. The van der Waals surface area contributed by atoms with Crippen molar-refractivity contribution in [2.75, 3.05) is 13.2 Å². The van der Waals surface area contributed by atoms with Crippen LogP contribution in [0.1, 0.15) is 21.5 Å². The van der Waals surface area contributed by atoms with Crippen molar-refractivity contribution in [1.82, 2.24) is 5.32 Å². The quantitative estimate of drug-likeness (QED) is 0.768. The van der Waals surface area contributed by atoms with Gasteiger partial charge >= 0.3 is 12.1 Å². The molecule has 0 aromatic heterocycles. The molecule has 0 radical (unpaired) electrons. The Bertz CT molecular complexity index is 793. The smallest absolute Gasteiger partial charge is 0.416 e. The SMILES string of the molecule is O=C(COC(=O)c1cccc(C(F)(F)F)c1)NCCc1cccc(Cl)c1. The molecule has 0 aliphatic rings. The van der Waals surface area contributed by atoms with Crippen LogP contribution in [0.3, 0.4) is 0 Å². The van der Waals surface area contributed by atoms with Gasteiger partial charge in [0, 0.05) is 11.6 Å². The summed E-state index contributed by atoms with van der Waals surface area (Å²) in [6.07, 6.45) is -4.03. The van der Waals surface area contributed by atoms with E-state index in [1.165, 1.54) is 6.07 Å². The van der Waals surface area contributed by atoms with E-state index in [0.29, 0.717) is 24.1 Å². The van der Waals surface area contributed by atoms with E-state index in [1.54, 1.807) is 18.2 Å². The van der Waals surface area contributed by atoms with Crippen molar-refractivity contribution >= 4 is 23.5 Å². The molecule has 0 heterocycles. The molecule has 0 saturated heterocycles. The maximum atomic E-state index is 12.6. The molecule has 0 saturated carbocycles. The first kappa shape index (κ1) is 19.8. The van der Waals surface area contributed by atoms with Crippen molar-refractivity contribution in [3.8, 4) is 0 Å². The van der Waals surface area contributed by atoms with E-state index in [4.69, 9.17) is 16.3 Å². The van der Waals surface area contributed by atoms with Gasteiger partial charge in [-0.1, -0.05) is 29.8 Å². The summed E-state index contributed by atoms with van der Waals surface area (Å²) in [6.45, 7) is -0.273. The third-order valence-corrected chi connectivity index (χ3v) is 3.62. The number of hydrogen-bond donors (Lipinski definition) is 1. The van der Waals surface area contributed by atoms with Gasteiger partial charge in [0.25, 0.3) is 5.91 Å². The van der Waals surface area contributed by atoms with Gasteiger partial charge in [-0.05, 0) is 42.3 Å². The number of alkyl halides is 3. The Hall–Kier alpha value is -2.54. The van der Waals surface area contributed by atoms with Gasteiger partial charge in [0.1, 0.15) is 0 Å². The van der Waals surface area contributed by atoms with Crippen molar-refractivity contribution in [3.05, 3.63) is 70.2 Å². The second-order valence-electron chi connectivity index (χ2n) is 5.38. The molecule has 0 aliphatic heterocycles. The molecule has 0 fully saturated rings. The number of ether oxygens (including phenoxy) is 1. The lowest BCUT2D eigenvalue weighted by Crippen LogP contribution is -2.30. The van der Waals surface area contributed by atoms with Crippen molar-refractivity contribution < 1.29 is 27.5 Å². The lowest BCUT2D eigenvalue weighted by atomic mass is 10.1. The number of benzene rings is 2. The first-order valence-electron chi connectivity index (χ1n) is 7.61. The van der Waals surface area contributed by atoms with Crippen molar-refractivity contribution in [2.24, 2.45) is 0 Å². The first-order valence-corrected chi connectivity index (χ1v) is 7.99. The second-order valence-corrected chi connectivity index (χ2v) is 5.82. The minimum absolute atomic E-state index is 0.272. The zero-order valence-electron chi connectivity index (χ0n) is 13.5. The number of carbonyl (C=O) groups is 2. The summed E-state index contributed by atoms with van der Waals surface area (Å²) in [5, 5.41) is 3.14. The van der Waals surface area contributed by atoms with E-state index in [-0.39, 0.29) is 5.56 Å². The molecule has 0 spiro atoms. The molecule has 26 heavy (non-hydrogen) atoms. The molecule has 8 heteroatoms. The van der Waals surface area contributed by atoms with Gasteiger partial charge in [0.2, 0.25) is 0 Å². The fourth-order valence-electron chi connectivity index (χ4n) is 2.13. The fourth-order valence-corrected chi connectivity index (χ4v) is 2.34. The van der Waals surface area contributed by atoms with Crippen LogP contribution < -0.4 is 5.32 Å². The van der Waals surface area contributed by atoms with Gasteiger partial charge in [-0.3, -0.25) is 4.79 Å². The molecule has 2 rings (SSSR count).